The first-order valence-corrected chi connectivity index (χ1v) is 26.4. The molecule has 8 N–H and O–H groups in total. The molecule has 15 atom stereocenters. The van der Waals surface area contributed by atoms with E-state index in [2.05, 4.69) is 81.2 Å². The third kappa shape index (κ3) is 4.30. The van der Waals surface area contributed by atoms with Crippen LogP contribution in [0.15, 0.2) is 104 Å². The molecule has 15 unspecified atom stereocenters. The van der Waals surface area contributed by atoms with Crippen molar-refractivity contribution in [1.29, 1.82) is 0 Å². The second-order valence-electron chi connectivity index (χ2n) is 25.0. The summed E-state index contributed by atoms with van der Waals surface area (Å²) in [6.07, 6.45) is 18.2. The molecule has 0 amide bonds. The van der Waals surface area contributed by atoms with Crippen molar-refractivity contribution in [2.75, 3.05) is 0 Å². The molecule has 13 aliphatic rings. The lowest BCUT2D eigenvalue weighted by Crippen LogP contribution is -2.74. The maximum atomic E-state index is 17.1. The third-order valence-electron chi connectivity index (χ3n) is 23.1. The van der Waals surface area contributed by atoms with Gasteiger partial charge in [-0.1, -0.05) is 93.3 Å². The maximum absolute atomic E-state index is 17.1. The zero-order chi connectivity index (χ0) is 48.7. The number of allylic oxidation sites excluding steroid dienone is 4. The van der Waals surface area contributed by atoms with E-state index in [9.17, 15) is 15.0 Å². The van der Waals surface area contributed by atoms with Crippen LogP contribution in [0.1, 0.15) is 129 Å². The molecular weight excluding hydrogens is 875 g/mol. The lowest BCUT2D eigenvalue weighted by atomic mass is 9.30. The van der Waals surface area contributed by atoms with Crippen LogP contribution >= 0.6 is 0 Å². The average molecular weight is 940 g/mol. The van der Waals surface area contributed by atoms with Gasteiger partial charge in [0, 0.05) is 81.2 Å². The number of nitrogens with two attached hydrogens (primary N) is 2. The molecule has 0 saturated heterocycles. The Balaban J connectivity index is 1.18. The summed E-state index contributed by atoms with van der Waals surface area (Å²) in [6.45, 7) is 8.21. The number of Topliss-reactive ketones (excluding diaryl/α,β-unsaturated/α-hetero) is 2. The maximum Gasteiger partial charge on any atom is 0.331 e. The number of fused-ring (bicyclic) bond motifs is 2. The molecule has 0 radical (unpaired) electrons. The predicted molar refractivity (Wildman–Crippen MR) is 264 cm³/mol. The van der Waals surface area contributed by atoms with Crippen LogP contribution in [0.25, 0.3) is 6.08 Å². The van der Waals surface area contributed by atoms with Crippen LogP contribution in [0.2, 0.25) is 0 Å². The Bertz CT molecular complexity index is 3110. The average Bonchev–Trinajstić information content (AvgIpc) is 3.76. The first-order valence-electron chi connectivity index (χ1n) is 26.4. The number of carbonyl (C=O) groups is 3. The van der Waals surface area contributed by atoms with Gasteiger partial charge in [-0.25, -0.2) is 9.79 Å². The zero-order valence-electron chi connectivity index (χ0n) is 40.9. The number of aliphatic imine (C=N–C) groups is 1. The van der Waals surface area contributed by atoms with E-state index < -0.39 is 90.9 Å². The molecule has 0 aromatic heterocycles. The molecule has 10 heteroatoms. The van der Waals surface area contributed by atoms with Crippen LogP contribution in [0.4, 0.5) is 0 Å². The summed E-state index contributed by atoms with van der Waals surface area (Å²) < 4.78 is 0. The van der Waals surface area contributed by atoms with Gasteiger partial charge in [0.2, 0.25) is 0 Å². The summed E-state index contributed by atoms with van der Waals surface area (Å²) in [5.74, 6) is 2.57. The summed E-state index contributed by atoms with van der Waals surface area (Å²) in [7, 11) is 0. The highest BCUT2D eigenvalue weighted by molar-refractivity contribution is 6.04. The Labute approximate surface area is 409 Å². The Kier molecular flexibility index (Phi) is 8.18. The molecule has 0 heterocycles. The number of carboxylic acid groups (broad SMARTS) is 1. The van der Waals surface area contributed by atoms with Crippen molar-refractivity contribution in [3.05, 3.63) is 110 Å². The highest BCUT2D eigenvalue weighted by atomic mass is 16.4. The zero-order valence-corrected chi connectivity index (χ0v) is 40.9. The van der Waals surface area contributed by atoms with Crippen molar-refractivity contribution in [3.63, 3.8) is 0 Å². The van der Waals surface area contributed by atoms with Crippen molar-refractivity contribution >= 4 is 29.6 Å². The Morgan fingerprint density at radius 1 is 0.900 bits per heavy atom. The summed E-state index contributed by atoms with van der Waals surface area (Å²) >= 11 is 0. The monoisotopic (exact) mass is 939 g/mol. The van der Waals surface area contributed by atoms with Crippen molar-refractivity contribution in [2.45, 2.75) is 146 Å². The van der Waals surface area contributed by atoms with Crippen LogP contribution in [-0.2, 0) is 20.8 Å². The number of carbonyl (C=O) groups excluding carboxylic acids is 2. The first-order chi connectivity index (χ1) is 33.3. The van der Waals surface area contributed by atoms with Crippen LogP contribution in [0, 0.1) is 74.4 Å². The normalized spacial score (nSPS) is 48.7. The smallest absolute Gasteiger partial charge is 0.331 e. The van der Waals surface area contributed by atoms with Crippen LogP contribution in [0.3, 0.4) is 0 Å². The molecule has 1 aromatic carbocycles. The molecule has 5 fully saturated rings. The highest BCUT2D eigenvalue weighted by Crippen LogP contribution is 2.91. The van der Waals surface area contributed by atoms with Gasteiger partial charge in [0.1, 0.15) is 22.6 Å². The molecule has 70 heavy (non-hydrogen) atoms. The Morgan fingerprint density at radius 3 is 2.47 bits per heavy atom. The molecule has 0 aliphatic heterocycles. The van der Waals surface area contributed by atoms with Crippen LogP contribution in [-0.4, -0.2) is 66.3 Å². The summed E-state index contributed by atoms with van der Waals surface area (Å²) in [5, 5.41) is 55.9. The molecule has 10 nitrogen and oxygen atoms in total. The van der Waals surface area contributed by atoms with Gasteiger partial charge < -0.3 is 31.9 Å². The lowest BCUT2D eigenvalue weighted by molar-refractivity contribution is -0.189. The minimum atomic E-state index is -1.82. The minimum Gasteiger partial charge on any atom is -0.478 e. The SMILES string of the molecule is CC(C(=O)O)=C1CCC2(N=C(N)N)C=CC34C5CCCCC6C(=O)C7=C8C9(O)C=C%10CC%11=C(C(=CC%11)C1(O)C52)C3C%10(O)C8(CCC#CCC1(C)C(=O)CCC7(C)C1C9C1=Cc2ccccc2CC1)C64C. The summed E-state index contributed by atoms with van der Waals surface area (Å²) in [5.41, 5.74) is 9.94. The van der Waals surface area contributed by atoms with Crippen LogP contribution in [0.5, 0.6) is 0 Å². The quantitative estimate of drug-likeness (QED) is 0.0579. The molecule has 8 bridgehead atoms. The van der Waals surface area contributed by atoms with Gasteiger partial charge >= 0.3 is 5.97 Å². The van der Waals surface area contributed by atoms with E-state index in [-0.39, 0.29) is 29.5 Å². The van der Waals surface area contributed by atoms with E-state index in [1.54, 1.807) is 6.92 Å². The molecule has 1 aromatic rings. The fourth-order valence-corrected chi connectivity index (χ4v) is 21.1. The largest absolute Gasteiger partial charge is 0.478 e. The summed E-state index contributed by atoms with van der Waals surface area (Å²) in [6, 6.07) is 8.45. The van der Waals surface area contributed by atoms with Gasteiger partial charge in [0.25, 0.3) is 0 Å². The van der Waals surface area contributed by atoms with Crippen molar-refractivity contribution in [3.8, 4) is 11.8 Å². The Hall–Kier alpha value is -5.08. The molecule has 5 saturated carbocycles. The third-order valence-corrected chi connectivity index (χ3v) is 23.1. The number of aliphatic carboxylic acids is 1. The Morgan fingerprint density at radius 2 is 1.69 bits per heavy atom. The van der Waals surface area contributed by atoms with Crippen molar-refractivity contribution in [2.24, 2.45) is 79.0 Å². The molecule has 14 rings (SSSR count). The molecule has 362 valence electrons. The van der Waals surface area contributed by atoms with Crippen molar-refractivity contribution in [1.82, 2.24) is 0 Å². The first kappa shape index (κ1) is 43.7. The minimum absolute atomic E-state index is 0.0303. The molecule has 13 aliphatic carbocycles. The van der Waals surface area contributed by atoms with E-state index in [4.69, 9.17) is 16.5 Å². The van der Waals surface area contributed by atoms with Gasteiger partial charge in [-0.2, -0.15) is 0 Å². The number of aliphatic hydroxyl groups is 3. The number of hydrogen-bond donors (Lipinski definition) is 6. The molecule has 2 spiro atoms. The second-order valence-corrected chi connectivity index (χ2v) is 25.0. The van der Waals surface area contributed by atoms with E-state index in [0.29, 0.717) is 92.9 Å². The van der Waals surface area contributed by atoms with E-state index in [1.165, 1.54) is 5.56 Å². The van der Waals surface area contributed by atoms with Crippen LogP contribution < -0.4 is 11.5 Å². The number of ketones is 2. The number of hydrogen-bond acceptors (Lipinski definition) is 7. The number of aryl methyl sites for hydroxylation is 1. The van der Waals surface area contributed by atoms with Gasteiger partial charge in [0.15, 0.2) is 11.7 Å². The predicted octanol–water partition coefficient (Wildman–Crippen LogP) is 7.69. The number of benzene rings is 1. The fraction of sp³-hybridized carbons (Fsp3) is 0.567. The topological polar surface area (TPSA) is 197 Å². The van der Waals surface area contributed by atoms with E-state index in [1.807, 2.05) is 6.08 Å². The van der Waals surface area contributed by atoms with Gasteiger partial charge in [-0.15, -0.1) is 11.8 Å². The van der Waals surface area contributed by atoms with Gasteiger partial charge in [0.05, 0.1) is 5.54 Å². The summed E-state index contributed by atoms with van der Waals surface area (Å²) in [4.78, 5) is 50.5. The van der Waals surface area contributed by atoms with Crippen molar-refractivity contribution < 1.29 is 34.8 Å². The van der Waals surface area contributed by atoms with E-state index >= 15 is 19.8 Å². The van der Waals surface area contributed by atoms with E-state index in [0.717, 1.165) is 47.1 Å². The number of nitrogens with zero attached hydrogens (tertiary/aromatic N) is 1. The molecular formula is C60H65N3O7. The van der Waals surface area contributed by atoms with Gasteiger partial charge in [-0.3, -0.25) is 9.59 Å². The number of carboxylic acids is 1. The second kappa shape index (κ2) is 13.1. The number of guanidine groups is 1. The number of rotatable bonds is 3. The highest BCUT2D eigenvalue weighted by Gasteiger charge is 2.92. The fourth-order valence-electron chi connectivity index (χ4n) is 21.1. The standard InChI is InChI=1S/C60H65N3O7/c1-31(50(66)67)37-20-25-55(63-51(61)62)26-27-56-40-15-9-8-14-39-45(65)44-49-57(68)30-36-29-34-18-19-38(59(37,69)46(40)55)42(34)47(56)60(36,70)58(49,54(39,56)4)23-11-5-10-22-52(2)41(64)21-24-53(44,3)48(52)43(57)35-17-16-32-12-6-7-13-33(32)28-35/h6-7,12-13,19,26-28,30,39-40,43,46-48,68-70H,8-9,11,14-18,20-25,29H2,1-4H3,(H,66,67)(H4,61,62,63). The van der Waals surface area contributed by atoms with Gasteiger partial charge in [-0.05, 0) is 128 Å². The lowest BCUT2D eigenvalue weighted by Gasteiger charge is -2.73.